The van der Waals surface area contributed by atoms with Gasteiger partial charge in [-0.05, 0) is 63.6 Å². The molecule has 6 rings (SSSR count). The summed E-state index contributed by atoms with van der Waals surface area (Å²) in [5.74, 6) is 1.89. The fraction of sp³-hybridized carbons (Fsp3) is 0.233. The molecule has 0 fully saturated rings. The van der Waals surface area contributed by atoms with Crippen LogP contribution in [-0.4, -0.2) is 0 Å². The van der Waals surface area contributed by atoms with Crippen LogP contribution in [0.2, 0.25) is 0 Å². The molecule has 0 saturated heterocycles. The maximum Gasteiger partial charge on any atom is 0.228 e. The molecule has 5 aromatic rings. The van der Waals surface area contributed by atoms with Gasteiger partial charge < -0.3 is 4.74 Å². The zero-order chi connectivity index (χ0) is 22.2. The molecule has 0 bridgehead atoms. The normalized spacial score (nSPS) is 12.9. The third-order valence-electron chi connectivity index (χ3n) is 6.73. The predicted octanol–water partition coefficient (Wildman–Crippen LogP) is 7.64. The molecular formula is C30H28NO+. The molecule has 0 radical (unpaired) electrons. The molecule has 1 aliphatic heterocycles. The van der Waals surface area contributed by atoms with E-state index >= 15 is 0 Å². The molecule has 158 valence electrons. The Morgan fingerprint density at radius 1 is 0.812 bits per heavy atom. The van der Waals surface area contributed by atoms with Crippen molar-refractivity contribution in [1.29, 1.82) is 0 Å². The second-order valence-electron chi connectivity index (χ2n) is 10.4. The fourth-order valence-electron chi connectivity index (χ4n) is 5.39. The molecule has 4 aromatic carbocycles. The van der Waals surface area contributed by atoms with Crippen LogP contribution in [0.3, 0.4) is 0 Å². The van der Waals surface area contributed by atoms with Crippen molar-refractivity contribution in [3.8, 4) is 22.8 Å². The lowest BCUT2D eigenvalue weighted by Gasteiger charge is -2.23. The smallest absolute Gasteiger partial charge is 0.228 e. The second-order valence-corrected chi connectivity index (χ2v) is 10.4. The second kappa shape index (κ2) is 6.56. The van der Waals surface area contributed by atoms with Crippen LogP contribution in [-0.2, 0) is 13.5 Å². The van der Waals surface area contributed by atoms with Gasteiger partial charge in [0.2, 0.25) is 5.69 Å². The molecule has 2 nitrogen and oxygen atoms in total. The third kappa shape index (κ3) is 2.82. The molecule has 0 aliphatic carbocycles. The Bertz CT molecular complexity index is 1570. The minimum Gasteiger partial charge on any atom is -0.456 e. The molecule has 0 unspecified atom stereocenters. The standard InChI is InChI=1S/C30H28NO/c1-18-22-9-7-6-8-20(22)15-25-27(18)29-28-23(12-13-31(29)5)24-14-19(17-30(2,3)4)10-11-21(24)16-26(28)32-25/h6-16H,17H2,1-5H3/q+1. The molecule has 1 aromatic heterocycles. The Labute approximate surface area is 189 Å². The fourth-order valence-corrected chi connectivity index (χ4v) is 5.39. The van der Waals surface area contributed by atoms with Gasteiger partial charge >= 0.3 is 0 Å². The molecule has 32 heavy (non-hydrogen) atoms. The van der Waals surface area contributed by atoms with E-state index in [0.717, 1.165) is 17.9 Å². The van der Waals surface area contributed by atoms with Crippen molar-refractivity contribution in [2.45, 2.75) is 34.1 Å². The predicted molar refractivity (Wildman–Crippen MR) is 134 cm³/mol. The highest BCUT2D eigenvalue weighted by Gasteiger charge is 2.31. The van der Waals surface area contributed by atoms with Gasteiger partial charge in [0, 0.05) is 11.5 Å². The van der Waals surface area contributed by atoms with Crippen molar-refractivity contribution in [3.05, 3.63) is 78.0 Å². The van der Waals surface area contributed by atoms with Crippen LogP contribution in [0.4, 0.5) is 0 Å². The highest BCUT2D eigenvalue weighted by molar-refractivity contribution is 6.16. The van der Waals surface area contributed by atoms with Crippen molar-refractivity contribution >= 4 is 32.3 Å². The van der Waals surface area contributed by atoms with Crippen LogP contribution in [0, 0.1) is 12.3 Å². The number of aryl methyl sites for hydroxylation is 2. The van der Waals surface area contributed by atoms with E-state index in [4.69, 9.17) is 4.74 Å². The number of ether oxygens (including phenoxy) is 1. The summed E-state index contributed by atoms with van der Waals surface area (Å²) in [5, 5.41) is 7.50. The Balaban J connectivity index is 1.71. The zero-order valence-corrected chi connectivity index (χ0v) is 19.4. The minimum absolute atomic E-state index is 0.257. The minimum atomic E-state index is 0.257. The van der Waals surface area contributed by atoms with Gasteiger partial charge in [-0.2, -0.15) is 0 Å². The van der Waals surface area contributed by atoms with Gasteiger partial charge in [0.25, 0.3) is 0 Å². The monoisotopic (exact) mass is 418 g/mol. The molecule has 1 aliphatic rings. The maximum absolute atomic E-state index is 6.60. The number of hydrogen-bond acceptors (Lipinski definition) is 1. The lowest BCUT2D eigenvalue weighted by molar-refractivity contribution is -0.659. The summed E-state index contributed by atoms with van der Waals surface area (Å²) >= 11 is 0. The summed E-state index contributed by atoms with van der Waals surface area (Å²) in [7, 11) is 2.14. The van der Waals surface area contributed by atoms with E-state index in [1.54, 1.807) is 0 Å². The van der Waals surface area contributed by atoms with Gasteiger partial charge in [-0.15, -0.1) is 0 Å². The molecule has 0 amide bonds. The Morgan fingerprint density at radius 2 is 1.56 bits per heavy atom. The van der Waals surface area contributed by atoms with Crippen molar-refractivity contribution in [3.63, 3.8) is 0 Å². The van der Waals surface area contributed by atoms with Crippen LogP contribution in [0.25, 0.3) is 43.6 Å². The number of benzene rings is 4. The zero-order valence-electron chi connectivity index (χ0n) is 19.4. The molecule has 0 spiro atoms. The van der Waals surface area contributed by atoms with Gasteiger partial charge in [0.05, 0.1) is 10.9 Å². The topological polar surface area (TPSA) is 13.1 Å². The molecule has 2 heterocycles. The summed E-state index contributed by atoms with van der Waals surface area (Å²) in [5.41, 5.74) is 5.36. The van der Waals surface area contributed by atoms with Crippen LogP contribution in [0.5, 0.6) is 11.5 Å². The van der Waals surface area contributed by atoms with Gasteiger partial charge in [-0.1, -0.05) is 63.2 Å². The number of aromatic nitrogens is 1. The van der Waals surface area contributed by atoms with Crippen molar-refractivity contribution in [1.82, 2.24) is 0 Å². The summed E-state index contributed by atoms with van der Waals surface area (Å²) < 4.78 is 8.85. The van der Waals surface area contributed by atoms with E-state index in [1.165, 1.54) is 54.7 Å². The molecular weight excluding hydrogens is 390 g/mol. The van der Waals surface area contributed by atoms with E-state index in [1.807, 2.05) is 0 Å². The van der Waals surface area contributed by atoms with E-state index in [0.29, 0.717) is 0 Å². The summed E-state index contributed by atoms with van der Waals surface area (Å²) in [4.78, 5) is 0. The van der Waals surface area contributed by atoms with E-state index in [9.17, 15) is 0 Å². The van der Waals surface area contributed by atoms with Gasteiger partial charge in [0.15, 0.2) is 6.20 Å². The first kappa shape index (κ1) is 19.3. The first-order valence-corrected chi connectivity index (χ1v) is 11.4. The van der Waals surface area contributed by atoms with Crippen molar-refractivity contribution in [2.75, 3.05) is 0 Å². The SMILES string of the molecule is Cc1c2c(cc3ccccc13)Oc1cc3ccc(CC(C)(C)C)cc3c3cc[n+](C)c-2c13. The number of nitrogens with zero attached hydrogens (tertiary/aromatic N) is 1. The summed E-state index contributed by atoms with van der Waals surface area (Å²) in [6.45, 7) is 9.11. The van der Waals surface area contributed by atoms with E-state index in [2.05, 4.69) is 106 Å². The van der Waals surface area contributed by atoms with Crippen LogP contribution in [0.15, 0.2) is 66.9 Å². The number of hydrogen-bond donors (Lipinski definition) is 0. The largest absolute Gasteiger partial charge is 0.456 e. The number of pyridine rings is 1. The number of fused-ring (bicyclic) bond motifs is 5. The lowest BCUT2D eigenvalue weighted by atomic mass is 9.86. The molecule has 0 atom stereocenters. The van der Waals surface area contributed by atoms with Crippen LogP contribution >= 0.6 is 0 Å². The van der Waals surface area contributed by atoms with E-state index < -0.39 is 0 Å². The third-order valence-corrected chi connectivity index (χ3v) is 6.73. The van der Waals surface area contributed by atoms with Crippen LogP contribution < -0.4 is 9.30 Å². The molecule has 0 saturated carbocycles. The Hall–Kier alpha value is -3.39. The van der Waals surface area contributed by atoms with Crippen LogP contribution in [0.1, 0.15) is 31.9 Å². The maximum atomic E-state index is 6.60. The first-order valence-electron chi connectivity index (χ1n) is 11.4. The lowest BCUT2D eigenvalue weighted by Crippen LogP contribution is -2.31. The first-order chi connectivity index (χ1) is 15.3. The Morgan fingerprint density at radius 3 is 2.38 bits per heavy atom. The number of rotatable bonds is 1. The average molecular weight is 419 g/mol. The quantitative estimate of drug-likeness (QED) is 0.197. The van der Waals surface area contributed by atoms with Gasteiger partial charge in [0.1, 0.15) is 18.5 Å². The molecule has 0 N–H and O–H groups in total. The molecule has 2 heteroatoms. The van der Waals surface area contributed by atoms with Crippen molar-refractivity contribution < 1.29 is 9.30 Å². The average Bonchev–Trinajstić information content (AvgIpc) is 2.74. The summed E-state index contributed by atoms with van der Waals surface area (Å²) in [6, 6.07) is 22.1. The van der Waals surface area contributed by atoms with Gasteiger partial charge in [-0.3, -0.25) is 0 Å². The highest BCUT2D eigenvalue weighted by atomic mass is 16.5. The highest BCUT2D eigenvalue weighted by Crippen LogP contribution is 2.49. The van der Waals surface area contributed by atoms with E-state index in [-0.39, 0.29) is 5.41 Å². The van der Waals surface area contributed by atoms with Gasteiger partial charge in [-0.25, -0.2) is 4.57 Å². The summed E-state index contributed by atoms with van der Waals surface area (Å²) in [6.07, 6.45) is 3.26. The Kier molecular flexibility index (Phi) is 3.96. The van der Waals surface area contributed by atoms with Crippen molar-refractivity contribution in [2.24, 2.45) is 12.5 Å².